The molecule has 1 saturated heterocycles. The van der Waals surface area contributed by atoms with Gasteiger partial charge in [0.2, 0.25) is 0 Å². The topological polar surface area (TPSA) is 38.0 Å². The van der Waals surface area contributed by atoms with Crippen LogP contribution in [-0.4, -0.2) is 18.6 Å². The van der Waals surface area contributed by atoms with E-state index >= 15 is 0 Å². The zero-order chi connectivity index (χ0) is 15.6. The number of nitrogens with two attached hydrogens (primary N) is 1. The quantitative estimate of drug-likeness (QED) is 0.910. The molecule has 2 nitrogen and oxygen atoms in total. The first-order valence-corrected chi connectivity index (χ1v) is 8.93. The first-order valence-electron chi connectivity index (χ1n) is 8.93. The molecule has 1 aliphatic carbocycles. The molecule has 4 rings (SSSR count). The highest BCUT2D eigenvalue weighted by molar-refractivity contribution is 5.39. The molecule has 2 aromatic carbocycles. The van der Waals surface area contributed by atoms with E-state index in [4.69, 9.17) is 5.73 Å². The summed E-state index contributed by atoms with van der Waals surface area (Å²) in [5.74, 6) is 1.06. The van der Waals surface area contributed by atoms with Crippen LogP contribution in [0, 0.1) is 5.92 Å². The SMILES string of the molecule is NC1Cc2ccccc2C1C(Cc1ccccc1)C1CCCN1. The number of benzene rings is 2. The second-order valence-corrected chi connectivity index (χ2v) is 7.15. The van der Waals surface area contributed by atoms with Gasteiger partial charge in [-0.2, -0.15) is 0 Å². The number of hydrogen-bond acceptors (Lipinski definition) is 2. The summed E-state index contributed by atoms with van der Waals surface area (Å²) < 4.78 is 0. The molecule has 1 heterocycles. The summed E-state index contributed by atoms with van der Waals surface area (Å²) in [6.07, 6.45) is 4.71. The minimum atomic E-state index is 0.253. The summed E-state index contributed by atoms with van der Waals surface area (Å²) in [5.41, 5.74) is 11.0. The van der Waals surface area contributed by atoms with Gasteiger partial charge in [0.05, 0.1) is 0 Å². The first-order chi connectivity index (χ1) is 11.3. The minimum absolute atomic E-state index is 0.253. The summed E-state index contributed by atoms with van der Waals surface area (Å²) in [7, 11) is 0. The molecule has 4 unspecified atom stereocenters. The number of nitrogens with one attached hydrogen (secondary N) is 1. The Hall–Kier alpha value is -1.64. The van der Waals surface area contributed by atoms with Crippen molar-refractivity contribution in [3.63, 3.8) is 0 Å². The van der Waals surface area contributed by atoms with Crippen molar-refractivity contribution in [2.45, 2.75) is 43.7 Å². The van der Waals surface area contributed by atoms with Crippen LogP contribution in [0.1, 0.15) is 35.4 Å². The van der Waals surface area contributed by atoms with Gasteiger partial charge in [-0.25, -0.2) is 0 Å². The first kappa shape index (κ1) is 14.9. The van der Waals surface area contributed by atoms with Crippen LogP contribution in [0.5, 0.6) is 0 Å². The van der Waals surface area contributed by atoms with Gasteiger partial charge in [0.1, 0.15) is 0 Å². The van der Waals surface area contributed by atoms with E-state index in [9.17, 15) is 0 Å². The van der Waals surface area contributed by atoms with Gasteiger partial charge in [-0.1, -0.05) is 54.6 Å². The lowest BCUT2D eigenvalue weighted by molar-refractivity contribution is 0.302. The van der Waals surface area contributed by atoms with E-state index in [1.54, 1.807) is 0 Å². The van der Waals surface area contributed by atoms with E-state index < -0.39 is 0 Å². The number of fused-ring (bicyclic) bond motifs is 1. The van der Waals surface area contributed by atoms with Gasteiger partial charge < -0.3 is 11.1 Å². The zero-order valence-corrected chi connectivity index (χ0v) is 13.6. The molecule has 0 radical (unpaired) electrons. The minimum Gasteiger partial charge on any atom is -0.327 e. The van der Waals surface area contributed by atoms with Crippen LogP contribution >= 0.6 is 0 Å². The predicted molar refractivity (Wildman–Crippen MR) is 95.5 cm³/mol. The average Bonchev–Trinajstić information content (AvgIpc) is 3.21. The standard InChI is InChI=1S/C21H26N2/c22-19-14-16-9-4-5-10-17(16)21(19)18(20-11-6-12-23-20)13-15-7-2-1-3-8-15/h1-5,7-10,18-21,23H,6,11-14,22H2. The van der Waals surface area contributed by atoms with E-state index in [1.165, 1.54) is 29.5 Å². The maximum atomic E-state index is 6.62. The van der Waals surface area contributed by atoms with Gasteiger partial charge in [0.15, 0.2) is 0 Å². The van der Waals surface area contributed by atoms with E-state index in [-0.39, 0.29) is 6.04 Å². The van der Waals surface area contributed by atoms with Crippen molar-refractivity contribution in [1.29, 1.82) is 0 Å². The highest BCUT2D eigenvalue weighted by atomic mass is 14.9. The molecule has 0 amide bonds. The molecule has 3 N–H and O–H groups in total. The molecule has 23 heavy (non-hydrogen) atoms. The van der Waals surface area contributed by atoms with Gasteiger partial charge in [0, 0.05) is 18.0 Å². The normalized spacial score (nSPS) is 27.8. The van der Waals surface area contributed by atoms with Crippen LogP contribution in [0.15, 0.2) is 54.6 Å². The summed E-state index contributed by atoms with van der Waals surface area (Å²) in [4.78, 5) is 0. The lowest BCUT2D eigenvalue weighted by atomic mass is 9.76. The van der Waals surface area contributed by atoms with Crippen LogP contribution in [0.4, 0.5) is 0 Å². The van der Waals surface area contributed by atoms with Crippen molar-refractivity contribution >= 4 is 0 Å². The Morgan fingerprint density at radius 3 is 2.61 bits per heavy atom. The van der Waals surface area contributed by atoms with E-state index in [2.05, 4.69) is 59.9 Å². The number of rotatable bonds is 4. The molecule has 2 aliphatic rings. The van der Waals surface area contributed by atoms with Gasteiger partial charge in [0.25, 0.3) is 0 Å². The highest BCUT2D eigenvalue weighted by Gasteiger charge is 2.39. The van der Waals surface area contributed by atoms with Crippen LogP contribution < -0.4 is 11.1 Å². The summed E-state index contributed by atoms with van der Waals surface area (Å²) >= 11 is 0. The third kappa shape index (κ3) is 2.93. The molecule has 0 spiro atoms. The highest BCUT2D eigenvalue weighted by Crippen LogP contribution is 2.41. The van der Waals surface area contributed by atoms with Crippen molar-refractivity contribution in [3.8, 4) is 0 Å². The van der Waals surface area contributed by atoms with Crippen molar-refractivity contribution in [2.75, 3.05) is 6.54 Å². The van der Waals surface area contributed by atoms with Gasteiger partial charge in [-0.05, 0) is 54.8 Å². The Labute approximate surface area is 139 Å². The van der Waals surface area contributed by atoms with E-state index in [1.807, 2.05) is 0 Å². The van der Waals surface area contributed by atoms with E-state index in [0.29, 0.717) is 17.9 Å². The van der Waals surface area contributed by atoms with Crippen molar-refractivity contribution in [1.82, 2.24) is 5.32 Å². The van der Waals surface area contributed by atoms with Crippen LogP contribution in [0.3, 0.4) is 0 Å². The van der Waals surface area contributed by atoms with Gasteiger partial charge >= 0.3 is 0 Å². The molecule has 2 heteroatoms. The largest absolute Gasteiger partial charge is 0.327 e. The molecule has 2 aromatic rings. The van der Waals surface area contributed by atoms with Crippen LogP contribution in [0.25, 0.3) is 0 Å². The third-order valence-corrected chi connectivity index (χ3v) is 5.72. The fourth-order valence-electron chi connectivity index (χ4n) is 4.69. The lowest BCUT2D eigenvalue weighted by Crippen LogP contribution is -2.41. The number of hydrogen-bond donors (Lipinski definition) is 2. The smallest absolute Gasteiger partial charge is 0.0152 e. The van der Waals surface area contributed by atoms with Crippen LogP contribution in [-0.2, 0) is 12.8 Å². The molecule has 0 bridgehead atoms. The third-order valence-electron chi connectivity index (χ3n) is 5.72. The summed E-state index contributed by atoms with van der Waals surface area (Å²) in [6, 6.07) is 20.6. The second kappa shape index (κ2) is 6.46. The molecular formula is C21H26N2. The fraction of sp³-hybridized carbons (Fsp3) is 0.429. The fourth-order valence-corrected chi connectivity index (χ4v) is 4.69. The Morgan fingerprint density at radius 1 is 1.04 bits per heavy atom. The van der Waals surface area contributed by atoms with E-state index in [0.717, 1.165) is 19.4 Å². The van der Waals surface area contributed by atoms with Crippen molar-refractivity contribution in [2.24, 2.45) is 11.7 Å². The summed E-state index contributed by atoms with van der Waals surface area (Å²) in [6.45, 7) is 1.15. The summed E-state index contributed by atoms with van der Waals surface area (Å²) in [5, 5.41) is 3.75. The molecule has 0 saturated carbocycles. The Kier molecular flexibility index (Phi) is 4.19. The van der Waals surface area contributed by atoms with Gasteiger partial charge in [-0.3, -0.25) is 0 Å². The molecule has 1 fully saturated rings. The Bertz CT molecular complexity index is 646. The molecule has 0 aromatic heterocycles. The molecule has 1 aliphatic heterocycles. The molecule has 4 atom stereocenters. The zero-order valence-electron chi connectivity index (χ0n) is 13.6. The van der Waals surface area contributed by atoms with Crippen LogP contribution in [0.2, 0.25) is 0 Å². The molecule has 120 valence electrons. The Balaban J connectivity index is 1.67. The monoisotopic (exact) mass is 306 g/mol. The predicted octanol–water partition coefficient (Wildman–Crippen LogP) is 3.26. The maximum absolute atomic E-state index is 6.62. The lowest BCUT2D eigenvalue weighted by Gasteiger charge is -2.33. The Morgan fingerprint density at radius 2 is 1.83 bits per heavy atom. The average molecular weight is 306 g/mol. The van der Waals surface area contributed by atoms with Crippen molar-refractivity contribution < 1.29 is 0 Å². The van der Waals surface area contributed by atoms with Crippen molar-refractivity contribution in [3.05, 3.63) is 71.3 Å². The molecular weight excluding hydrogens is 280 g/mol. The maximum Gasteiger partial charge on any atom is 0.0152 e. The second-order valence-electron chi connectivity index (χ2n) is 7.15. The van der Waals surface area contributed by atoms with Gasteiger partial charge in [-0.15, -0.1) is 0 Å².